The van der Waals surface area contributed by atoms with Crippen LogP contribution in [0.3, 0.4) is 0 Å². The number of alkyl halides is 1. The first-order valence-electron chi connectivity index (χ1n) is 6.23. The molecule has 0 atom stereocenters. The van der Waals surface area contributed by atoms with E-state index in [0.29, 0.717) is 21.2 Å². The number of hydrogen-bond acceptors (Lipinski definition) is 2. The van der Waals surface area contributed by atoms with Crippen molar-refractivity contribution in [3.05, 3.63) is 48.5 Å². The van der Waals surface area contributed by atoms with E-state index in [4.69, 9.17) is 11.6 Å². The molecule has 1 aliphatic rings. The zero-order valence-corrected chi connectivity index (χ0v) is 12.2. The molecule has 3 nitrogen and oxygen atoms in total. The highest BCUT2D eigenvalue weighted by Gasteiger charge is 2.30. The molecule has 5 heteroatoms. The minimum absolute atomic E-state index is 0.0865. The van der Waals surface area contributed by atoms with Gasteiger partial charge in [-0.25, -0.2) is 4.21 Å². The molecule has 0 fully saturated rings. The van der Waals surface area contributed by atoms with Crippen LogP contribution in [0.15, 0.2) is 58.3 Å². The van der Waals surface area contributed by atoms with E-state index in [2.05, 4.69) is 0 Å². The van der Waals surface area contributed by atoms with Crippen LogP contribution < -0.4 is 4.90 Å². The lowest BCUT2D eigenvalue weighted by atomic mass is 10.2. The van der Waals surface area contributed by atoms with Gasteiger partial charge < -0.3 is 0 Å². The monoisotopic (exact) mass is 305 g/mol. The highest BCUT2D eigenvalue weighted by Crippen LogP contribution is 2.41. The Hall–Kier alpha value is -1.65. The number of rotatable bonds is 2. The molecular formula is C15H12ClNO2S. The van der Waals surface area contributed by atoms with E-state index >= 15 is 0 Å². The van der Waals surface area contributed by atoms with Crippen molar-refractivity contribution in [2.45, 2.75) is 16.2 Å². The predicted molar refractivity (Wildman–Crippen MR) is 80.0 cm³/mol. The molecule has 102 valence electrons. The maximum Gasteiger partial charge on any atom is 0.232 e. The summed E-state index contributed by atoms with van der Waals surface area (Å²) >= 11 is 5.69. The van der Waals surface area contributed by atoms with Crippen molar-refractivity contribution in [2.24, 2.45) is 0 Å². The lowest BCUT2D eigenvalue weighted by molar-refractivity contribution is -0.117. The molecule has 0 bridgehead atoms. The zero-order valence-electron chi connectivity index (χ0n) is 10.6. The number of fused-ring (bicyclic) bond motifs is 2. The number of benzene rings is 2. The smallest absolute Gasteiger partial charge is 0.232 e. The highest BCUT2D eigenvalue weighted by molar-refractivity contribution is 7.85. The first kappa shape index (κ1) is 13.3. The summed E-state index contributed by atoms with van der Waals surface area (Å²) in [6, 6.07) is 14.6. The molecule has 2 aromatic carbocycles. The Balaban J connectivity index is 2.22. The van der Waals surface area contributed by atoms with Crippen LogP contribution in [0, 0.1) is 0 Å². The van der Waals surface area contributed by atoms with Gasteiger partial charge in [0.25, 0.3) is 0 Å². The van der Waals surface area contributed by atoms with Crippen molar-refractivity contribution in [2.75, 3.05) is 10.8 Å². The van der Waals surface area contributed by atoms with Gasteiger partial charge in [0.2, 0.25) is 5.91 Å². The average Bonchev–Trinajstić information content (AvgIpc) is 2.48. The quantitative estimate of drug-likeness (QED) is 0.797. The van der Waals surface area contributed by atoms with Crippen molar-refractivity contribution >= 4 is 39.7 Å². The summed E-state index contributed by atoms with van der Waals surface area (Å²) in [5.74, 6) is 0.180. The maximum absolute atomic E-state index is 12.6. The largest absolute Gasteiger partial charge is 0.279 e. The first-order valence-corrected chi connectivity index (χ1v) is 7.91. The molecule has 1 heterocycles. The Kier molecular flexibility index (Phi) is 3.59. The van der Waals surface area contributed by atoms with E-state index in [-0.39, 0.29) is 18.2 Å². The molecule has 0 unspecified atom stereocenters. The van der Waals surface area contributed by atoms with E-state index in [1.807, 2.05) is 36.4 Å². The standard InChI is InChI=1S/C15H12ClNO2S/c16-10-9-15(18)17-11-5-1-3-7-13(11)20(19)14-8-4-2-6-12(14)17/h1-8H,9-10H2. The number of anilines is 2. The van der Waals surface area contributed by atoms with Crippen molar-refractivity contribution in [1.82, 2.24) is 0 Å². The van der Waals surface area contributed by atoms with Crippen LogP contribution in [0.4, 0.5) is 11.4 Å². The van der Waals surface area contributed by atoms with E-state index in [9.17, 15) is 9.00 Å². The summed E-state index contributed by atoms with van der Waals surface area (Å²) in [6.07, 6.45) is 0.247. The summed E-state index contributed by atoms with van der Waals surface area (Å²) in [4.78, 5) is 15.3. The second-order valence-corrected chi connectivity index (χ2v) is 6.17. The summed E-state index contributed by atoms with van der Waals surface area (Å²) in [5.41, 5.74) is 1.36. The van der Waals surface area contributed by atoms with Crippen LogP contribution in [-0.2, 0) is 15.6 Å². The summed E-state index contributed by atoms with van der Waals surface area (Å²) < 4.78 is 12.6. The van der Waals surface area contributed by atoms with Gasteiger partial charge >= 0.3 is 0 Å². The molecular weight excluding hydrogens is 294 g/mol. The third kappa shape index (κ3) is 2.05. The number of hydrogen-bond donors (Lipinski definition) is 0. The topological polar surface area (TPSA) is 37.4 Å². The van der Waals surface area contributed by atoms with Crippen molar-refractivity contribution in [3.8, 4) is 0 Å². The molecule has 0 radical (unpaired) electrons. The Bertz CT molecular complexity index is 652. The Morgan fingerprint density at radius 2 is 1.50 bits per heavy atom. The number of nitrogens with zero attached hydrogens (tertiary/aromatic N) is 1. The molecule has 1 aliphatic heterocycles. The molecule has 0 N–H and O–H groups in total. The molecule has 0 spiro atoms. The van der Waals surface area contributed by atoms with Gasteiger partial charge in [0.15, 0.2) is 0 Å². The second kappa shape index (κ2) is 5.38. The van der Waals surface area contributed by atoms with Gasteiger partial charge in [-0.2, -0.15) is 0 Å². The average molecular weight is 306 g/mol. The van der Waals surface area contributed by atoms with Crippen LogP contribution in [-0.4, -0.2) is 16.0 Å². The minimum atomic E-state index is -1.26. The lowest BCUT2D eigenvalue weighted by Crippen LogP contribution is -2.30. The van der Waals surface area contributed by atoms with Gasteiger partial charge in [0, 0.05) is 12.3 Å². The zero-order chi connectivity index (χ0) is 14.1. The van der Waals surface area contributed by atoms with Crippen molar-refractivity contribution in [3.63, 3.8) is 0 Å². The van der Waals surface area contributed by atoms with Crippen LogP contribution in [0.1, 0.15) is 6.42 Å². The third-order valence-electron chi connectivity index (χ3n) is 3.17. The fraction of sp³-hybridized carbons (Fsp3) is 0.133. The summed E-state index contributed by atoms with van der Waals surface area (Å²) in [7, 11) is -1.26. The first-order chi connectivity index (χ1) is 9.74. The number of para-hydroxylation sites is 2. The van der Waals surface area contributed by atoms with Crippen molar-refractivity contribution in [1.29, 1.82) is 0 Å². The molecule has 0 saturated carbocycles. The number of halogens is 1. The maximum atomic E-state index is 12.6. The number of carbonyl (C=O) groups excluding carboxylic acids is 1. The SMILES string of the molecule is O=C(CCCl)N1c2ccccc2S(=O)c2ccccc21. The van der Waals surface area contributed by atoms with E-state index in [1.54, 1.807) is 17.0 Å². The van der Waals surface area contributed by atoms with Crippen LogP contribution >= 0.6 is 11.6 Å². The van der Waals surface area contributed by atoms with E-state index in [1.165, 1.54) is 0 Å². The van der Waals surface area contributed by atoms with Crippen LogP contribution in [0.5, 0.6) is 0 Å². The molecule has 3 rings (SSSR count). The van der Waals surface area contributed by atoms with Gasteiger partial charge in [-0.15, -0.1) is 11.6 Å². The highest BCUT2D eigenvalue weighted by atomic mass is 35.5. The molecule has 0 aliphatic carbocycles. The Labute approximate surface area is 124 Å². The molecule has 20 heavy (non-hydrogen) atoms. The van der Waals surface area contributed by atoms with Gasteiger partial charge in [-0.05, 0) is 24.3 Å². The van der Waals surface area contributed by atoms with Crippen LogP contribution in [0.2, 0.25) is 0 Å². The fourth-order valence-corrected chi connectivity index (χ4v) is 3.81. The predicted octanol–water partition coefficient (Wildman–Crippen LogP) is 3.46. The summed E-state index contributed by atoms with van der Waals surface area (Å²) in [6.45, 7) is 0. The molecule has 2 aromatic rings. The van der Waals surface area contributed by atoms with E-state index in [0.717, 1.165) is 0 Å². The minimum Gasteiger partial charge on any atom is -0.279 e. The molecule has 0 saturated heterocycles. The van der Waals surface area contributed by atoms with Gasteiger partial charge in [0.1, 0.15) is 0 Å². The fourth-order valence-electron chi connectivity index (χ4n) is 2.31. The van der Waals surface area contributed by atoms with Gasteiger partial charge in [-0.3, -0.25) is 9.69 Å². The Morgan fingerprint density at radius 3 is 2.00 bits per heavy atom. The van der Waals surface area contributed by atoms with Gasteiger partial charge in [0.05, 0.1) is 32.0 Å². The normalized spacial score (nSPS) is 13.8. The lowest BCUT2D eigenvalue weighted by Gasteiger charge is -2.30. The third-order valence-corrected chi connectivity index (χ3v) is 4.85. The molecule has 1 amide bonds. The Morgan fingerprint density at radius 1 is 1.00 bits per heavy atom. The molecule has 0 aromatic heterocycles. The summed E-state index contributed by atoms with van der Waals surface area (Å²) in [5, 5.41) is 0. The number of carbonyl (C=O) groups is 1. The number of amides is 1. The van der Waals surface area contributed by atoms with Crippen LogP contribution in [0.25, 0.3) is 0 Å². The van der Waals surface area contributed by atoms with E-state index < -0.39 is 10.8 Å². The second-order valence-electron chi connectivity index (χ2n) is 4.37. The van der Waals surface area contributed by atoms with Gasteiger partial charge in [-0.1, -0.05) is 24.3 Å². The van der Waals surface area contributed by atoms with Crippen molar-refractivity contribution < 1.29 is 9.00 Å².